The zero-order chi connectivity index (χ0) is 16.9. The molecule has 3 rings (SSSR count). The van der Waals surface area contributed by atoms with E-state index in [0.717, 1.165) is 11.3 Å². The number of carbonyl (C=O) groups is 1. The van der Waals surface area contributed by atoms with Crippen LogP contribution in [0.1, 0.15) is 15.9 Å². The zero-order valence-corrected chi connectivity index (χ0v) is 14.0. The van der Waals surface area contributed by atoms with Crippen molar-refractivity contribution in [3.63, 3.8) is 0 Å². The molecule has 24 heavy (non-hydrogen) atoms. The van der Waals surface area contributed by atoms with Gasteiger partial charge in [0.1, 0.15) is 0 Å². The SMILES string of the molecule is COCc1cccc(C(=O)Nc2ccc(Cl)cc2-n2cccc2)c1. The highest BCUT2D eigenvalue weighted by molar-refractivity contribution is 6.31. The summed E-state index contributed by atoms with van der Waals surface area (Å²) in [6.45, 7) is 0.469. The Balaban J connectivity index is 1.88. The van der Waals surface area contributed by atoms with Crippen LogP contribution in [0.25, 0.3) is 5.69 Å². The highest BCUT2D eigenvalue weighted by Gasteiger charge is 2.11. The third kappa shape index (κ3) is 3.67. The second kappa shape index (κ2) is 7.34. The Morgan fingerprint density at radius 3 is 2.67 bits per heavy atom. The Bertz CT molecular complexity index is 844. The third-order valence-electron chi connectivity index (χ3n) is 3.59. The van der Waals surface area contributed by atoms with E-state index in [9.17, 15) is 4.79 Å². The van der Waals surface area contributed by atoms with Gasteiger partial charge in [0.25, 0.3) is 5.91 Å². The molecule has 122 valence electrons. The van der Waals surface area contributed by atoms with E-state index in [1.165, 1.54) is 0 Å². The average Bonchev–Trinajstić information content (AvgIpc) is 3.11. The van der Waals surface area contributed by atoms with Crippen molar-refractivity contribution in [3.8, 4) is 5.69 Å². The molecule has 0 spiro atoms. The van der Waals surface area contributed by atoms with Crippen LogP contribution >= 0.6 is 11.6 Å². The zero-order valence-electron chi connectivity index (χ0n) is 13.2. The lowest BCUT2D eigenvalue weighted by Crippen LogP contribution is -2.14. The molecule has 4 nitrogen and oxygen atoms in total. The van der Waals surface area contributed by atoms with Gasteiger partial charge in [-0.3, -0.25) is 4.79 Å². The van der Waals surface area contributed by atoms with E-state index in [1.54, 1.807) is 25.3 Å². The van der Waals surface area contributed by atoms with Crippen molar-refractivity contribution < 1.29 is 9.53 Å². The van der Waals surface area contributed by atoms with Crippen LogP contribution in [0.5, 0.6) is 0 Å². The Labute approximate surface area is 145 Å². The van der Waals surface area contributed by atoms with Crippen LogP contribution in [0.3, 0.4) is 0 Å². The number of nitrogens with one attached hydrogen (secondary N) is 1. The van der Waals surface area contributed by atoms with Gasteiger partial charge in [-0.1, -0.05) is 23.7 Å². The largest absolute Gasteiger partial charge is 0.380 e. The fraction of sp³-hybridized carbons (Fsp3) is 0.105. The Kier molecular flexibility index (Phi) is 4.99. The van der Waals surface area contributed by atoms with Gasteiger partial charge in [-0.2, -0.15) is 0 Å². The van der Waals surface area contributed by atoms with Crippen LogP contribution in [0.2, 0.25) is 5.02 Å². The molecule has 1 N–H and O–H groups in total. The highest BCUT2D eigenvalue weighted by Crippen LogP contribution is 2.25. The number of nitrogens with zero attached hydrogens (tertiary/aromatic N) is 1. The summed E-state index contributed by atoms with van der Waals surface area (Å²) in [4.78, 5) is 12.6. The number of ether oxygens (including phenoxy) is 1. The van der Waals surface area contributed by atoms with E-state index in [2.05, 4.69) is 5.32 Å². The van der Waals surface area contributed by atoms with Crippen LogP contribution in [0.15, 0.2) is 67.0 Å². The second-order valence-electron chi connectivity index (χ2n) is 5.34. The Hall–Kier alpha value is -2.56. The van der Waals surface area contributed by atoms with Crippen LogP contribution in [-0.2, 0) is 11.3 Å². The third-order valence-corrected chi connectivity index (χ3v) is 3.83. The van der Waals surface area contributed by atoms with Gasteiger partial charge in [0.15, 0.2) is 0 Å². The molecule has 2 aromatic carbocycles. The van der Waals surface area contributed by atoms with Crippen LogP contribution in [0.4, 0.5) is 5.69 Å². The monoisotopic (exact) mass is 340 g/mol. The van der Waals surface area contributed by atoms with Gasteiger partial charge in [0.05, 0.1) is 18.0 Å². The van der Waals surface area contributed by atoms with Gasteiger partial charge in [0.2, 0.25) is 0 Å². The van der Waals surface area contributed by atoms with Crippen molar-refractivity contribution in [2.24, 2.45) is 0 Å². The maximum Gasteiger partial charge on any atom is 0.255 e. The fourth-order valence-electron chi connectivity index (χ4n) is 2.48. The number of anilines is 1. The number of carbonyl (C=O) groups excluding carboxylic acids is 1. The summed E-state index contributed by atoms with van der Waals surface area (Å²) in [5.41, 5.74) is 3.04. The molecule has 0 aliphatic heterocycles. The minimum absolute atomic E-state index is 0.177. The minimum Gasteiger partial charge on any atom is -0.380 e. The number of hydrogen-bond donors (Lipinski definition) is 1. The Morgan fingerprint density at radius 2 is 1.92 bits per heavy atom. The summed E-state index contributed by atoms with van der Waals surface area (Å²) >= 11 is 6.10. The van der Waals surface area contributed by atoms with E-state index >= 15 is 0 Å². The maximum absolute atomic E-state index is 12.6. The summed E-state index contributed by atoms with van der Waals surface area (Å²) in [6, 6.07) is 16.6. The molecule has 3 aromatic rings. The first-order valence-electron chi connectivity index (χ1n) is 7.49. The smallest absolute Gasteiger partial charge is 0.255 e. The molecular weight excluding hydrogens is 324 g/mol. The number of aromatic nitrogens is 1. The summed E-state index contributed by atoms with van der Waals surface area (Å²) in [5.74, 6) is -0.177. The van der Waals surface area contributed by atoms with Crippen molar-refractivity contribution in [2.45, 2.75) is 6.61 Å². The fourth-order valence-corrected chi connectivity index (χ4v) is 2.65. The van der Waals surface area contributed by atoms with E-state index in [0.29, 0.717) is 22.9 Å². The van der Waals surface area contributed by atoms with Crippen molar-refractivity contribution in [1.82, 2.24) is 4.57 Å². The number of amides is 1. The molecule has 0 aliphatic rings. The summed E-state index contributed by atoms with van der Waals surface area (Å²) in [6.07, 6.45) is 3.81. The molecule has 0 radical (unpaired) electrons. The van der Waals surface area contributed by atoms with E-state index < -0.39 is 0 Å². The Morgan fingerprint density at radius 1 is 1.12 bits per heavy atom. The molecule has 0 atom stereocenters. The van der Waals surface area contributed by atoms with Crippen molar-refractivity contribution in [1.29, 1.82) is 0 Å². The lowest BCUT2D eigenvalue weighted by atomic mass is 10.1. The second-order valence-corrected chi connectivity index (χ2v) is 5.78. The minimum atomic E-state index is -0.177. The average molecular weight is 341 g/mol. The molecule has 1 aromatic heterocycles. The van der Waals surface area contributed by atoms with Gasteiger partial charge in [0, 0.05) is 30.1 Å². The number of benzene rings is 2. The summed E-state index contributed by atoms with van der Waals surface area (Å²) < 4.78 is 7.02. The van der Waals surface area contributed by atoms with Gasteiger partial charge < -0.3 is 14.6 Å². The predicted octanol–water partition coefficient (Wildman–Crippen LogP) is 4.53. The first kappa shape index (κ1) is 16.3. The number of rotatable bonds is 5. The number of methoxy groups -OCH3 is 1. The predicted molar refractivity (Wildman–Crippen MR) is 95.9 cm³/mol. The number of halogens is 1. The van der Waals surface area contributed by atoms with Gasteiger partial charge in [-0.15, -0.1) is 0 Å². The lowest BCUT2D eigenvalue weighted by Gasteiger charge is -2.13. The van der Waals surface area contributed by atoms with Crippen molar-refractivity contribution in [3.05, 3.63) is 83.1 Å². The topological polar surface area (TPSA) is 43.3 Å². The van der Waals surface area contributed by atoms with Crippen molar-refractivity contribution in [2.75, 3.05) is 12.4 Å². The summed E-state index contributed by atoms with van der Waals surface area (Å²) in [5, 5.41) is 3.56. The molecule has 0 aliphatic carbocycles. The van der Waals surface area contributed by atoms with E-state index in [-0.39, 0.29) is 5.91 Å². The highest BCUT2D eigenvalue weighted by atomic mass is 35.5. The normalized spacial score (nSPS) is 10.6. The molecular formula is C19H17ClN2O2. The maximum atomic E-state index is 12.6. The van der Waals surface area contributed by atoms with Crippen molar-refractivity contribution >= 4 is 23.2 Å². The standard InChI is InChI=1S/C19H17ClN2O2/c1-24-13-14-5-4-6-15(11-14)19(23)21-17-8-7-16(20)12-18(17)22-9-2-3-10-22/h2-12H,13H2,1H3,(H,21,23). The molecule has 1 heterocycles. The first-order valence-corrected chi connectivity index (χ1v) is 7.87. The first-order chi connectivity index (χ1) is 11.7. The molecule has 5 heteroatoms. The summed E-state index contributed by atoms with van der Waals surface area (Å²) in [7, 11) is 1.63. The van der Waals surface area contributed by atoms with Gasteiger partial charge in [-0.05, 0) is 48.0 Å². The molecule has 0 saturated carbocycles. The van der Waals surface area contributed by atoms with Crippen LogP contribution in [-0.4, -0.2) is 17.6 Å². The molecule has 0 fully saturated rings. The van der Waals surface area contributed by atoms with Gasteiger partial charge >= 0.3 is 0 Å². The molecule has 1 amide bonds. The molecule has 0 bridgehead atoms. The van der Waals surface area contributed by atoms with Gasteiger partial charge in [-0.25, -0.2) is 0 Å². The van der Waals surface area contributed by atoms with E-state index in [1.807, 2.05) is 53.4 Å². The quantitative estimate of drug-likeness (QED) is 0.741. The van der Waals surface area contributed by atoms with Crippen LogP contribution < -0.4 is 5.32 Å². The lowest BCUT2D eigenvalue weighted by molar-refractivity contribution is 0.102. The molecule has 0 unspecified atom stereocenters. The number of hydrogen-bond acceptors (Lipinski definition) is 2. The van der Waals surface area contributed by atoms with Crippen LogP contribution in [0, 0.1) is 0 Å². The molecule has 0 saturated heterocycles. The van der Waals surface area contributed by atoms with E-state index in [4.69, 9.17) is 16.3 Å².